The molecule has 27 heavy (non-hydrogen) atoms. The fourth-order valence-electron chi connectivity index (χ4n) is 2.74. The van der Waals surface area contributed by atoms with Crippen molar-refractivity contribution >= 4 is 39.8 Å². The summed E-state index contributed by atoms with van der Waals surface area (Å²) >= 11 is 0. The molecular formula is C19H34IN3O3S. The van der Waals surface area contributed by atoms with E-state index in [1.54, 1.807) is 0 Å². The molecule has 1 aromatic carbocycles. The molecule has 0 aliphatic heterocycles. The van der Waals surface area contributed by atoms with Crippen LogP contribution < -0.4 is 10.6 Å². The van der Waals surface area contributed by atoms with Crippen LogP contribution >= 0.6 is 24.0 Å². The van der Waals surface area contributed by atoms with Gasteiger partial charge in [-0.3, -0.25) is 0 Å². The lowest BCUT2D eigenvalue weighted by molar-refractivity contribution is 0.251. The van der Waals surface area contributed by atoms with E-state index in [0.717, 1.165) is 49.4 Å². The second-order valence-electron chi connectivity index (χ2n) is 6.63. The summed E-state index contributed by atoms with van der Waals surface area (Å²) in [6.45, 7) is 6.46. The van der Waals surface area contributed by atoms with Gasteiger partial charge in [0.15, 0.2) is 15.8 Å². The zero-order valence-corrected chi connectivity index (χ0v) is 19.7. The van der Waals surface area contributed by atoms with Crippen LogP contribution in [0.15, 0.2) is 29.3 Å². The first kappa shape index (κ1) is 26.1. The Morgan fingerprint density at radius 2 is 1.74 bits per heavy atom. The molecular weight excluding hydrogens is 477 g/mol. The molecule has 0 saturated heterocycles. The molecule has 0 aliphatic carbocycles. The molecule has 6 nitrogen and oxygen atoms in total. The maximum absolute atomic E-state index is 11.3. The number of halogens is 1. The summed E-state index contributed by atoms with van der Waals surface area (Å²) in [5.74, 6) is 1.25. The van der Waals surface area contributed by atoms with Gasteiger partial charge in [-0.1, -0.05) is 37.6 Å². The fraction of sp³-hybridized carbons (Fsp3) is 0.632. The number of aliphatic hydroxyl groups excluding tert-OH is 1. The SMILES string of the molecule is CCCC(CCO)CNC(=NCc1ccc(CS(C)(=O)=O)cc1)NCC.I. The molecule has 156 valence electrons. The van der Waals surface area contributed by atoms with Gasteiger partial charge in [-0.2, -0.15) is 0 Å². The fourth-order valence-corrected chi connectivity index (χ4v) is 3.53. The molecule has 1 rings (SSSR count). The number of hydrogen-bond donors (Lipinski definition) is 3. The van der Waals surface area contributed by atoms with Crippen molar-refractivity contribution in [3.63, 3.8) is 0 Å². The third-order valence-electron chi connectivity index (χ3n) is 4.01. The standard InChI is InChI=1S/C19H33N3O3S.HI/c1-4-6-16(11-12-23)13-21-19(20-5-2)22-14-17-7-9-18(10-8-17)15-26(3,24)25;/h7-10,16,23H,4-6,11-15H2,1-3H3,(H2,20,21,22);1H. The first-order valence-electron chi connectivity index (χ1n) is 9.26. The number of nitrogens with zero attached hydrogens (tertiary/aromatic N) is 1. The first-order chi connectivity index (χ1) is 12.4. The van der Waals surface area contributed by atoms with Crippen LogP contribution in [0.1, 0.15) is 44.2 Å². The number of aliphatic hydroxyl groups is 1. The molecule has 3 N–H and O–H groups in total. The summed E-state index contributed by atoms with van der Waals surface area (Å²) in [5, 5.41) is 15.7. The third-order valence-corrected chi connectivity index (χ3v) is 4.87. The lowest BCUT2D eigenvalue weighted by atomic mass is 10.0. The monoisotopic (exact) mass is 511 g/mol. The van der Waals surface area contributed by atoms with Crippen molar-refractivity contribution in [3.8, 4) is 0 Å². The molecule has 0 radical (unpaired) electrons. The topological polar surface area (TPSA) is 90.8 Å². The quantitative estimate of drug-likeness (QED) is 0.242. The van der Waals surface area contributed by atoms with E-state index in [1.165, 1.54) is 6.26 Å². The summed E-state index contributed by atoms with van der Waals surface area (Å²) in [7, 11) is -3.01. The summed E-state index contributed by atoms with van der Waals surface area (Å²) < 4.78 is 22.7. The van der Waals surface area contributed by atoms with Crippen molar-refractivity contribution in [1.29, 1.82) is 0 Å². The average molecular weight is 511 g/mol. The van der Waals surface area contributed by atoms with Gasteiger partial charge in [-0.05, 0) is 36.8 Å². The molecule has 0 saturated carbocycles. The van der Waals surface area contributed by atoms with Crippen LogP contribution in [0.5, 0.6) is 0 Å². The van der Waals surface area contributed by atoms with E-state index < -0.39 is 9.84 Å². The highest BCUT2D eigenvalue weighted by Gasteiger charge is 2.08. The van der Waals surface area contributed by atoms with Crippen molar-refractivity contribution < 1.29 is 13.5 Å². The van der Waals surface area contributed by atoms with Gasteiger partial charge in [0.25, 0.3) is 0 Å². The van der Waals surface area contributed by atoms with Crippen LogP contribution in [0.2, 0.25) is 0 Å². The number of rotatable bonds is 11. The van der Waals surface area contributed by atoms with Crippen LogP contribution in [-0.4, -0.2) is 45.4 Å². The molecule has 0 heterocycles. The average Bonchev–Trinajstić information content (AvgIpc) is 2.57. The summed E-state index contributed by atoms with van der Waals surface area (Å²) in [6.07, 6.45) is 4.21. The smallest absolute Gasteiger partial charge is 0.191 e. The number of aliphatic imine (C=N–C) groups is 1. The van der Waals surface area contributed by atoms with Crippen molar-refractivity contribution in [3.05, 3.63) is 35.4 Å². The predicted molar refractivity (Wildman–Crippen MR) is 123 cm³/mol. The minimum atomic E-state index is -3.01. The highest BCUT2D eigenvalue weighted by molar-refractivity contribution is 14.0. The molecule has 0 aromatic heterocycles. The van der Waals surface area contributed by atoms with Gasteiger partial charge in [0, 0.05) is 26.0 Å². The van der Waals surface area contributed by atoms with E-state index in [4.69, 9.17) is 5.11 Å². The van der Waals surface area contributed by atoms with Crippen molar-refractivity contribution in [2.75, 3.05) is 26.0 Å². The van der Waals surface area contributed by atoms with Crippen LogP contribution in [0.4, 0.5) is 0 Å². The number of hydrogen-bond acceptors (Lipinski definition) is 4. The molecule has 0 aliphatic rings. The van der Waals surface area contributed by atoms with Crippen molar-refractivity contribution in [2.24, 2.45) is 10.9 Å². The van der Waals surface area contributed by atoms with Crippen LogP contribution in [0, 0.1) is 5.92 Å². The highest BCUT2D eigenvalue weighted by atomic mass is 127. The number of nitrogens with one attached hydrogen (secondary N) is 2. The minimum Gasteiger partial charge on any atom is -0.396 e. The largest absolute Gasteiger partial charge is 0.396 e. The second kappa shape index (κ2) is 14.2. The Labute approximate surface area is 181 Å². The third kappa shape index (κ3) is 12.2. The lowest BCUT2D eigenvalue weighted by Crippen LogP contribution is -2.40. The Kier molecular flexibility index (Phi) is 13.7. The van der Waals surface area contributed by atoms with E-state index in [9.17, 15) is 8.42 Å². The highest BCUT2D eigenvalue weighted by Crippen LogP contribution is 2.10. The van der Waals surface area contributed by atoms with E-state index in [0.29, 0.717) is 12.5 Å². The van der Waals surface area contributed by atoms with Gasteiger partial charge in [0.1, 0.15) is 0 Å². The summed E-state index contributed by atoms with van der Waals surface area (Å²) in [4.78, 5) is 4.59. The Morgan fingerprint density at radius 3 is 2.26 bits per heavy atom. The summed E-state index contributed by atoms with van der Waals surface area (Å²) in [5.41, 5.74) is 1.82. The predicted octanol–water partition coefficient (Wildman–Crippen LogP) is 2.70. The van der Waals surface area contributed by atoms with Crippen LogP contribution in [0.3, 0.4) is 0 Å². The lowest BCUT2D eigenvalue weighted by Gasteiger charge is -2.18. The first-order valence-corrected chi connectivity index (χ1v) is 11.3. The Balaban J connectivity index is 0.00000676. The van der Waals surface area contributed by atoms with E-state index in [-0.39, 0.29) is 36.3 Å². The van der Waals surface area contributed by atoms with Gasteiger partial charge in [-0.15, -0.1) is 24.0 Å². The van der Waals surface area contributed by atoms with Gasteiger partial charge >= 0.3 is 0 Å². The maximum atomic E-state index is 11.3. The van der Waals surface area contributed by atoms with Gasteiger partial charge in [-0.25, -0.2) is 13.4 Å². The van der Waals surface area contributed by atoms with Crippen molar-refractivity contribution in [2.45, 2.75) is 45.4 Å². The normalized spacial score (nSPS) is 13.0. The molecule has 1 atom stereocenters. The van der Waals surface area contributed by atoms with Gasteiger partial charge in [0.05, 0.1) is 12.3 Å². The Hall–Kier alpha value is -0.870. The number of sulfone groups is 1. The van der Waals surface area contributed by atoms with E-state index in [1.807, 2.05) is 31.2 Å². The maximum Gasteiger partial charge on any atom is 0.191 e. The molecule has 8 heteroatoms. The van der Waals surface area contributed by atoms with E-state index in [2.05, 4.69) is 22.5 Å². The van der Waals surface area contributed by atoms with Crippen molar-refractivity contribution in [1.82, 2.24) is 10.6 Å². The zero-order chi connectivity index (χ0) is 19.4. The second-order valence-corrected chi connectivity index (χ2v) is 8.77. The minimum absolute atomic E-state index is 0. The molecule has 0 bridgehead atoms. The van der Waals surface area contributed by atoms with Gasteiger partial charge < -0.3 is 15.7 Å². The molecule has 0 amide bonds. The zero-order valence-electron chi connectivity index (χ0n) is 16.6. The molecule has 0 spiro atoms. The number of benzene rings is 1. The molecule has 0 fully saturated rings. The Bertz CT molecular complexity index is 643. The van der Waals surface area contributed by atoms with Crippen LogP contribution in [-0.2, 0) is 22.1 Å². The van der Waals surface area contributed by atoms with Gasteiger partial charge in [0.2, 0.25) is 0 Å². The molecule has 1 aromatic rings. The summed E-state index contributed by atoms with van der Waals surface area (Å²) in [6, 6.07) is 7.51. The Morgan fingerprint density at radius 1 is 1.11 bits per heavy atom. The number of guanidine groups is 1. The van der Waals surface area contributed by atoms with E-state index >= 15 is 0 Å². The molecule has 1 unspecified atom stereocenters. The van der Waals surface area contributed by atoms with Crippen LogP contribution in [0.25, 0.3) is 0 Å².